The van der Waals surface area contributed by atoms with Gasteiger partial charge in [0.2, 0.25) is 0 Å². The van der Waals surface area contributed by atoms with Crippen LogP contribution in [0, 0.1) is 6.92 Å². The molecule has 1 amide bonds. The predicted octanol–water partition coefficient (Wildman–Crippen LogP) is 3.40. The molecule has 0 aliphatic carbocycles. The van der Waals surface area contributed by atoms with Gasteiger partial charge in [-0.2, -0.15) is 8.78 Å². The highest BCUT2D eigenvalue weighted by Gasteiger charge is 2.27. The molecular formula is C17H17F2NO4. The molecule has 1 aromatic carbocycles. The molecule has 128 valence electrons. The number of alkyl halides is 2. The third kappa shape index (κ3) is 3.56. The molecule has 2 heterocycles. The summed E-state index contributed by atoms with van der Waals surface area (Å²) in [6.45, 7) is 0.0212. The first-order valence-corrected chi connectivity index (χ1v) is 7.54. The van der Waals surface area contributed by atoms with Gasteiger partial charge in [0.15, 0.2) is 0 Å². The Morgan fingerprint density at radius 3 is 2.92 bits per heavy atom. The van der Waals surface area contributed by atoms with E-state index in [0.29, 0.717) is 36.6 Å². The van der Waals surface area contributed by atoms with Crippen molar-refractivity contribution in [2.45, 2.75) is 19.6 Å². The van der Waals surface area contributed by atoms with Crippen LogP contribution in [0.5, 0.6) is 5.75 Å². The standard InChI is InChI=1S/C17H17F2NO4/c1-11-14(5-7-22-11)16(21)20-6-8-23-15(10-20)12-3-2-4-13(9-12)24-17(18)19/h2-5,7,9,15,17H,6,8,10H2,1H3/t15-/m0/s1. The molecule has 5 nitrogen and oxygen atoms in total. The summed E-state index contributed by atoms with van der Waals surface area (Å²) in [5.41, 5.74) is 1.21. The topological polar surface area (TPSA) is 51.9 Å². The Morgan fingerprint density at radius 2 is 2.21 bits per heavy atom. The molecule has 2 aromatic rings. The van der Waals surface area contributed by atoms with Gasteiger partial charge in [0, 0.05) is 6.54 Å². The van der Waals surface area contributed by atoms with Crippen LogP contribution in [-0.2, 0) is 4.74 Å². The number of benzene rings is 1. The van der Waals surface area contributed by atoms with Gasteiger partial charge in [-0.15, -0.1) is 0 Å². The first-order chi connectivity index (χ1) is 11.5. The second-order valence-electron chi connectivity index (χ2n) is 5.45. The molecule has 0 N–H and O–H groups in total. The fraction of sp³-hybridized carbons (Fsp3) is 0.353. The molecule has 3 rings (SSSR count). The van der Waals surface area contributed by atoms with Crippen LogP contribution >= 0.6 is 0 Å². The Labute approximate surface area is 137 Å². The van der Waals surface area contributed by atoms with Gasteiger partial charge in [-0.1, -0.05) is 12.1 Å². The first kappa shape index (κ1) is 16.4. The van der Waals surface area contributed by atoms with Crippen LogP contribution in [0.25, 0.3) is 0 Å². The molecule has 1 aliphatic heterocycles. The maximum Gasteiger partial charge on any atom is 0.387 e. The van der Waals surface area contributed by atoms with Crippen molar-refractivity contribution in [1.29, 1.82) is 0 Å². The van der Waals surface area contributed by atoms with Gasteiger partial charge < -0.3 is 18.8 Å². The summed E-state index contributed by atoms with van der Waals surface area (Å²) in [7, 11) is 0. The molecule has 0 saturated carbocycles. The van der Waals surface area contributed by atoms with Crippen LogP contribution in [0.3, 0.4) is 0 Å². The quantitative estimate of drug-likeness (QED) is 0.858. The van der Waals surface area contributed by atoms with Gasteiger partial charge in [-0.3, -0.25) is 4.79 Å². The molecule has 0 bridgehead atoms. The van der Waals surface area contributed by atoms with Crippen LogP contribution in [-0.4, -0.2) is 37.1 Å². The highest BCUT2D eigenvalue weighted by atomic mass is 19.3. The molecule has 24 heavy (non-hydrogen) atoms. The van der Waals surface area contributed by atoms with E-state index < -0.39 is 12.7 Å². The number of rotatable bonds is 4. The lowest BCUT2D eigenvalue weighted by Crippen LogP contribution is -2.42. The van der Waals surface area contributed by atoms with Crippen molar-refractivity contribution in [1.82, 2.24) is 4.90 Å². The van der Waals surface area contributed by atoms with Crippen LogP contribution < -0.4 is 4.74 Å². The van der Waals surface area contributed by atoms with Crippen molar-refractivity contribution in [2.75, 3.05) is 19.7 Å². The fourth-order valence-electron chi connectivity index (χ4n) is 2.70. The molecule has 1 atom stereocenters. The number of halogens is 2. The molecule has 7 heteroatoms. The minimum atomic E-state index is -2.88. The van der Waals surface area contributed by atoms with Gasteiger partial charge in [-0.25, -0.2) is 0 Å². The molecule has 1 saturated heterocycles. The number of nitrogens with zero attached hydrogens (tertiary/aromatic N) is 1. The lowest BCUT2D eigenvalue weighted by atomic mass is 10.1. The number of hydrogen-bond acceptors (Lipinski definition) is 4. The van der Waals surface area contributed by atoms with Crippen molar-refractivity contribution in [3.05, 3.63) is 53.5 Å². The number of aryl methyl sites for hydroxylation is 1. The summed E-state index contributed by atoms with van der Waals surface area (Å²) >= 11 is 0. The second kappa shape index (κ2) is 7.00. The highest BCUT2D eigenvalue weighted by Crippen LogP contribution is 2.27. The lowest BCUT2D eigenvalue weighted by molar-refractivity contribution is -0.0504. The summed E-state index contributed by atoms with van der Waals surface area (Å²) in [5.74, 6) is 0.505. The minimum Gasteiger partial charge on any atom is -0.469 e. The van der Waals surface area contributed by atoms with Crippen molar-refractivity contribution in [3.8, 4) is 5.75 Å². The summed E-state index contributed by atoms with van der Waals surface area (Å²) in [5, 5.41) is 0. The van der Waals surface area contributed by atoms with Gasteiger partial charge in [-0.05, 0) is 30.7 Å². The number of carbonyl (C=O) groups is 1. The van der Waals surface area contributed by atoms with E-state index in [1.54, 1.807) is 30.0 Å². The van der Waals surface area contributed by atoms with Crippen molar-refractivity contribution in [2.24, 2.45) is 0 Å². The third-order valence-electron chi connectivity index (χ3n) is 3.90. The molecule has 0 radical (unpaired) electrons. The van der Waals surface area contributed by atoms with Gasteiger partial charge >= 0.3 is 6.61 Å². The van der Waals surface area contributed by atoms with Crippen LogP contribution in [0.2, 0.25) is 0 Å². The average Bonchev–Trinajstić information content (AvgIpc) is 3.00. The SMILES string of the molecule is Cc1occc1C(=O)N1CCO[C@H](c2cccc(OC(F)F)c2)C1. The molecule has 1 fully saturated rings. The monoisotopic (exact) mass is 337 g/mol. The Bertz CT molecular complexity index is 716. The van der Waals surface area contributed by atoms with Crippen LogP contribution in [0.4, 0.5) is 8.78 Å². The number of carbonyl (C=O) groups excluding carboxylic acids is 1. The number of morpholine rings is 1. The van der Waals surface area contributed by atoms with E-state index in [0.717, 1.165) is 0 Å². The van der Waals surface area contributed by atoms with Crippen molar-refractivity contribution >= 4 is 5.91 Å². The Balaban J connectivity index is 1.74. The predicted molar refractivity (Wildman–Crippen MR) is 81.1 cm³/mol. The van der Waals surface area contributed by atoms with E-state index in [1.807, 2.05) is 0 Å². The second-order valence-corrected chi connectivity index (χ2v) is 5.45. The van der Waals surface area contributed by atoms with E-state index in [2.05, 4.69) is 4.74 Å². The number of amides is 1. The van der Waals surface area contributed by atoms with Gasteiger partial charge in [0.25, 0.3) is 5.91 Å². The van der Waals surface area contributed by atoms with Crippen molar-refractivity contribution in [3.63, 3.8) is 0 Å². The summed E-state index contributed by atoms with van der Waals surface area (Å²) < 4.78 is 40.0. The molecular weight excluding hydrogens is 320 g/mol. The zero-order chi connectivity index (χ0) is 17.1. The minimum absolute atomic E-state index is 0.0697. The number of ether oxygens (including phenoxy) is 2. The smallest absolute Gasteiger partial charge is 0.387 e. The normalized spacial score (nSPS) is 18.0. The van der Waals surface area contributed by atoms with E-state index in [1.165, 1.54) is 18.4 Å². The Morgan fingerprint density at radius 1 is 1.38 bits per heavy atom. The summed E-state index contributed by atoms with van der Waals surface area (Å²) in [6, 6.07) is 7.99. The maximum atomic E-state index is 12.6. The van der Waals surface area contributed by atoms with Crippen molar-refractivity contribution < 1.29 is 27.5 Å². The van der Waals surface area contributed by atoms with Crippen LogP contribution in [0.1, 0.15) is 27.8 Å². The lowest BCUT2D eigenvalue weighted by Gasteiger charge is -2.33. The zero-order valence-corrected chi connectivity index (χ0v) is 13.1. The third-order valence-corrected chi connectivity index (χ3v) is 3.90. The zero-order valence-electron chi connectivity index (χ0n) is 13.1. The highest BCUT2D eigenvalue weighted by molar-refractivity contribution is 5.95. The summed E-state index contributed by atoms with van der Waals surface area (Å²) in [6.07, 6.45) is 1.09. The average molecular weight is 337 g/mol. The van der Waals surface area contributed by atoms with E-state index >= 15 is 0 Å². The van der Waals surface area contributed by atoms with Gasteiger partial charge in [0.05, 0.1) is 25.0 Å². The van der Waals surface area contributed by atoms with E-state index in [-0.39, 0.29) is 11.7 Å². The molecule has 0 unspecified atom stereocenters. The molecule has 1 aliphatic rings. The molecule has 0 spiro atoms. The fourth-order valence-corrected chi connectivity index (χ4v) is 2.70. The van der Waals surface area contributed by atoms with Gasteiger partial charge in [0.1, 0.15) is 17.6 Å². The summed E-state index contributed by atoms with van der Waals surface area (Å²) in [4.78, 5) is 14.2. The largest absolute Gasteiger partial charge is 0.469 e. The van der Waals surface area contributed by atoms with E-state index in [9.17, 15) is 13.6 Å². The Hall–Kier alpha value is -2.41. The Kier molecular flexibility index (Phi) is 4.80. The first-order valence-electron chi connectivity index (χ1n) is 7.54. The number of furan rings is 1. The van der Waals surface area contributed by atoms with E-state index in [4.69, 9.17) is 9.15 Å². The molecule has 1 aromatic heterocycles. The van der Waals surface area contributed by atoms with Crippen LogP contribution in [0.15, 0.2) is 41.0 Å². The number of hydrogen-bond donors (Lipinski definition) is 0. The maximum absolute atomic E-state index is 12.6.